The first kappa shape index (κ1) is 20.0. The molecular weight excluding hydrogens is 468 g/mol. The van der Waals surface area contributed by atoms with Crippen molar-refractivity contribution in [1.29, 1.82) is 0 Å². The molecule has 0 bridgehead atoms. The van der Waals surface area contributed by atoms with Gasteiger partial charge in [0.25, 0.3) is 0 Å². The summed E-state index contributed by atoms with van der Waals surface area (Å²) in [5.74, 6) is 1.60. The number of carbonyl (C=O) groups is 1. The second kappa shape index (κ2) is 8.69. The Balaban J connectivity index is 1.29. The molecule has 0 radical (unpaired) electrons. The zero-order chi connectivity index (χ0) is 21.9. The summed E-state index contributed by atoms with van der Waals surface area (Å²) < 4.78 is 12.5. The third-order valence-electron chi connectivity index (χ3n) is 4.84. The van der Waals surface area contributed by atoms with Gasteiger partial charge in [0.2, 0.25) is 11.8 Å². The number of oxazole rings is 1. The van der Waals surface area contributed by atoms with Crippen LogP contribution in [-0.2, 0) is 4.79 Å². The van der Waals surface area contributed by atoms with Gasteiger partial charge in [-0.2, -0.15) is 0 Å². The van der Waals surface area contributed by atoms with Crippen molar-refractivity contribution in [2.24, 2.45) is 0 Å². The fourth-order valence-electron chi connectivity index (χ4n) is 3.30. The summed E-state index contributed by atoms with van der Waals surface area (Å²) in [5, 5.41) is 2.84. The molecule has 0 aliphatic carbocycles. The summed E-state index contributed by atoms with van der Waals surface area (Å²) >= 11 is 3.52. The van der Waals surface area contributed by atoms with Gasteiger partial charge in [0.15, 0.2) is 5.58 Å². The van der Waals surface area contributed by atoms with E-state index < -0.39 is 0 Å². The minimum Gasteiger partial charge on any atom is -0.457 e. The van der Waals surface area contributed by atoms with E-state index in [0.29, 0.717) is 28.4 Å². The van der Waals surface area contributed by atoms with Crippen LogP contribution in [0.5, 0.6) is 0 Å². The maximum atomic E-state index is 12.4. The number of carbonyl (C=O) groups excluding carboxylic acids is 1. The van der Waals surface area contributed by atoms with Gasteiger partial charge in [0.05, 0.1) is 5.56 Å². The summed E-state index contributed by atoms with van der Waals surface area (Å²) in [6.45, 7) is 0. The lowest BCUT2D eigenvalue weighted by atomic mass is 10.2. The molecule has 0 fully saturated rings. The molecule has 1 N–H and O–H groups in total. The van der Waals surface area contributed by atoms with Crippen LogP contribution in [0, 0.1) is 0 Å². The molecule has 0 aliphatic rings. The number of aromatic nitrogens is 1. The number of amides is 1. The lowest BCUT2D eigenvalue weighted by molar-refractivity contribution is -0.111. The summed E-state index contributed by atoms with van der Waals surface area (Å²) in [6.07, 6.45) is 3.08. The zero-order valence-electron chi connectivity index (χ0n) is 16.8. The standard InChI is InChI=1S/C26H17BrN2O3/c27-21-9-5-4-8-20(21)26-29-22-16-18(10-13-24(22)32-26)28-25(30)15-12-19-11-14-23(31-19)17-6-2-1-3-7-17/h1-16H,(H,28,30)/b15-12+. The number of rotatable bonds is 5. The quantitative estimate of drug-likeness (QED) is 0.268. The number of hydrogen-bond donors (Lipinski definition) is 1. The molecule has 0 saturated heterocycles. The van der Waals surface area contributed by atoms with Crippen molar-refractivity contribution >= 4 is 44.7 Å². The molecule has 32 heavy (non-hydrogen) atoms. The smallest absolute Gasteiger partial charge is 0.248 e. The SMILES string of the molecule is O=C(/C=C/c1ccc(-c2ccccc2)o1)Nc1ccc2oc(-c3ccccc3Br)nc2c1. The van der Waals surface area contributed by atoms with Crippen LogP contribution in [0.4, 0.5) is 5.69 Å². The van der Waals surface area contributed by atoms with Crippen molar-refractivity contribution in [3.8, 4) is 22.8 Å². The third kappa shape index (κ3) is 4.26. The Bertz CT molecular complexity index is 1430. The Kier molecular flexibility index (Phi) is 5.44. The Morgan fingerprint density at radius 1 is 0.906 bits per heavy atom. The summed E-state index contributed by atoms with van der Waals surface area (Å²) in [7, 11) is 0. The van der Waals surface area contributed by atoms with E-state index in [1.165, 1.54) is 6.08 Å². The summed E-state index contributed by atoms with van der Waals surface area (Å²) in [4.78, 5) is 16.9. The Labute approximate surface area is 192 Å². The van der Waals surface area contributed by atoms with Crippen molar-refractivity contribution < 1.29 is 13.6 Å². The van der Waals surface area contributed by atoms with Crippen molar-refractivity contribution in [1.82, 2.24) is 4.98 Å². The molecule has 0 saturated carbocycles. The Hall–Kier alpha value is -3.90. The first-order valence-corrected chi connectivity index (χ1v) is 10.7. The van der Waals surface area contributed by atoms with Crippen LogP contribution < -0.4 is 5.32 Å². The van der Waals surface area contributed by atoms with Crippen LogP contribution in [0.3, 0.4) is 0 Å². The van der Waals surface area contributed by atoms with Crippen LogP contribution in [0.25, 0.3) is 40.0 Å². The van der Waals surface area contributed by atoms with Gasteiger partial charge in [0, 0.05) is 21.8 Å². The summed E-state index contributed by atoms with van der Waals surface area (Å²) in [6, 6.07) is 26.6. The van der Waals surface area contributed by atoms with Gasteiger partial charge in [-0.15, -0.1) is 0 Å². The number of hydrogen-bond acceptors (Lipinski definition) is 4. The number of nitrogens with zero attached hydrogens (tertiary/aromatic N) is 1. The molecule has 0 spiro atoms. The molecule has 5 rings (SSSR count). The molecule has 0 atom stereocenters. The molecule has 2 aromatic heterocycles. The average Bonchev–Trinajstić information content (AvgIpc) is 3.45. The molecule has 3 aromatic carbocycles. The zero-order valence-corrected chi connectivity index (χ0v) is 18.4. The first-order chi connectivity index (χ1) is 15.7. The maximum Gasteiger partial charge on any atom is 0.248 e. The molecule has 5 aromatic rings. The topological polar surface area (TPSA) is 68.3 Å². The van der Waals surface area contributed by atoms with Crippen molar-refractivity contribution in [3.63, 3.8) is 0 Å². The predicted molar refractivity (Wildman–Crippen MR) is 129 cm³/mol. The summed E-state index contributed by atoms with van der Waals surface area (Å²) in [5.41, 5.74) is 3.79. The Morgan fingerprint density at radius 3 is 2.56 bits per heavy atom. The van der Waals surface area contributed by atoms with E-state index in [-0.39, 0.29) is 5.91 Å². The number of furan rings is 1. The van der Waals surface area contributed by atoms with Crippen LogP contribution in [-0.4, -0.2) is 10.9 Å². The second-order valence-electron chi connectivity index (χ2n) is 7.07. The van der Waals surface area contributed by atoms with E-state index in [9.17, 15) is 4.79 Å². The number of anilines is 1. The lowest BCUT2D eigenvalue weighted by Gasteiger charge is -2.00. The second-order valence-corrected chi connectivity index (χ2v) is 7.93. The molecule has 0 unspecified atom stereocenters. The van der Waals surface area contributed by atoms with Gasteiger partial charge in [-0.25, -0.2) is 4.98 Å². The largest absolute Gasteiger partial charge is 0.457 e. The molecule has 0 aliphatic heterocycles. The van der Waals surface area contributed by atoms with Crippen molar-refractivity contribution in [2.45, 2.75) is 0 Å². The first-order valence-electron chi connectivity index (χ1n) is 9.95. The molecule has 1 amide bonds. The normalized spacial score (nSPS) is 11.3. The van der Waals surface area contributed by atoms with Crippen LogP contribution in [0.2, 0.25) is 0 Å². The number of fused-ring (bicyclic) bond motifs is 1. The van der Waals surface area contributed by atoms with Crippen molar-refractivity contribution in [2.75, 3.05) is 5.32 Å². The highest BCUT2D eigenvalue weighted by Crippen LogP contribution is 2.31. The van der Waals surface area contributed by atoms with Gasteiger partial charge >= 0.3 is 0 Å². The van der Waals surface area contributed by atoms with Crippen LogP contribution in [0.15, 0.2) is 104 Å². The van der Waals surface area contributed by atoms with E-state index in [0.717, 1.165) is 21.4 Å². The molecule has 2 heterocycles. The fraction of sp³-hybridized carbons (Fsp3) is 0. The molecular formula is C26H17BrN2O3. The van der Waals surface area contributed by atoms with E-state index in [2.05, 4.69) is 26.2 Å². The van der Waals surface area contributed by atoms with E-state index in [1.54, 1.807) is 24.3 Å². The highest BCUT2D eigenvalue weighted by atomic mass is 79.9. The predicted octanol–water partition coefficient (Wildman–Crippen LogP) is 7.17. The van der Waals surface area contributed by atoms with Gasteiger partial charge in [-0.1, -0.05) is 42.5 Å². The maximum absolute atomic E-state index is 12.4. The van der Waals surface area contributed by atoms with Gasteiger partial charge in [-0.05, 0) is 64.5 Å². The van der Waals surface area contributed by atoms with E-state index in [1.807, 2.05) is 66.7 Å². The minimum atomic E-state index is -0.267. The molecule has 6 heteroatoms. The third-order valence-corrected chi connectivity index (χ3v) is 5.53. The highest BCUT2D eigenvalue weighted by molar-refractivity contribution is 9.10. The number of halogens is 1. The molecule has 5 nitrogen and oxygen atoms in total. The van der Waals surface area contributed by atoms with E-state index in [4.69, 9.17) is 8.83 Å². The van der Waals surface area contributed by atoms with Gasteiger partial charge in [0.1, 0.15) is 17.0 Å². The Morgan fingerprint density at radius 2 is 1.72 bits per heavy atom. The monoisotopic (exact) mass is 484 g/mol. The van der Waals surface area contributed by atoms with E-state index >= 15 is 0 Å². The van der Waals surface area contributed by atoms with Crippen LogP contribution in [0.1, 0.15) is 5.76 Å². The van der Waals surface area contributed by atoms with Crippen molar-refractivity contribution in [3.05, 3.63) is 101 Å². The number of benzene rings is 3. The van der Waals surface area contributed by atoms with Gasteiger partial charge in [-0.3, -0.25) is 4.79 Å². The minimum absolute atomic E-state index is 0.267. The highest BCUT2D eigenvalue weighted by Gasteiger charge is 2.12. The molecule has 156 valence electrons. The van der Waals surface area contributed by atoms with Crippen LogP contribution >= 0.6 is 15.9 Å². The fourth-order valence-corrected chi connectivity index (χ4v) is 3.75. The van der Waals surface area contributed by atoms with Gasteiger partial charge < -0.3 is 14.2 Å². The average molecular weight is 485 g/mol. The number of nitrogens with one attached hydrogen (secondary N) is 1. The lowest BCUT2D eigenvalue weighted by Crippen LogP contribution is -2.07.